The Morgan fingerprint density at radius 1 is 1.39 bits per heavy atom. The number of nitrogens with zero attached hydrogens (tertiary/aromatic N) is 1. The number of hydrogen-bond acceptors (Lipinski definition) is 4. The zero-order valence-electron chi connectivity index (χ0n) is 10.5. The lowest BCUT2D eigenvalue weighted by atomic mass is 10.0. The third kappa shape index (κ3) is 2.43. The van der Waals surface area contributed by atoms with Gasteiger partial charge in [0.05, 0.1) is 12.7 Å². The van der Waals surface area contributed by atoms with Gasteiger partial charge in [-0.2, -0.15) is 0 Å². The van der Waals surface area contributed by atoms with Crippen molar-refractivity contribution in [3.63, 3.8) is 0 Å². The second-order valence-electron chi connectivity index (χ2n) is 4.91. The summed E-state index contributed by atoms with van der Waals surface area (Å²) in [5, 5.41) is 0. The summed E-state index contributed by atoms with van der Waals surface area (Å²) >= 11 is 1.98. The molecule has 0 aliphatic carbocycles. The predicted molar refractivity (Wildman–Crippen MR) is 74.9 cm³/mol. The van der Waals surface area contributed by atoms with Gasteiger partial charge in [0.15, 0.2) is 0 Å². The molecule has 0 amide bonds. The summed E-state index contributed by atoms with van der Waals surface area (Å²) in [5.74, 6) is 1.21. The van der Waals surface area contributed by atoms with Crippen LogP contribution in [0.4, 0.5) is 0 Å². The molecule has 2 atom stereocenters. The van der Waals surface area contributed by atoms with Crippen molar-refractivity contribution in [3.05, 3.63) is 29.8 Å². The molecule has 3 rings (SSSR count). The fourth-order valence-electron chi connectivity index (χ4n) is 2.87. The molecular weight excluding hydrogens is 244 g/mol. The smallest absolute Gasteiger partial charge is 0.0824 e. The van der Waals surface area contributed by atoms with E-state index < -0.39 is 0 Å². The number of hydrogen-bond donors (Lipinski definition) is 1. The molecule has 2 heterocycles. The molecule has 2 aliphatic rings. The van der Waals surface area contributed by atoms with E-state index >= 15 is 0 Å². The Balaban J connectivity index is 1.80. The normalized spacial score (nSPS) is 28.9. The fraction of sp³-hybridized carbons (Fsp3) is 0.571. The van der Waals surface area contributed by atoms with Crippen LogP contribution in [0.25, 0.3) is 0 Å². The Kier molecular flexibility index (Phi) is 3.89. The molecule has 1 saturated heterocycles. The van der Waals surface area contributed by atoms with Crippen molar-refractivity contribution in [1.82, 2.24) is 4.90 Å². The summed E-state index contributed by atoms with van der Waals surface area (Å²) in [5.41, 5.74) is 7.23. The molecule has 0 aromatic heterocycles. The maximum absolute atomic E-state index is 5.73. The maximum Gasteiger partial charge on any atom is 0.0824 e. The van der Waals surface area contributed by atoms with Crippen LogP contribution in [0.5, 0.6) is 0 Å². The topological polar surface area (TPSA) is 38.5 Å². The molecule has 0 saturated carbocycles. The summed E-state index contributed by atoms with van der Waals surface area (Å²) < 4.78 is 5.66. The van der Waals surface area contributed by atoms with Crippen LogP contribution in [0.3, 0.4) is 0 Å². The van der Waals surface area contributed by atoms with Gasteiger partial charge in [-0.1, -0.05) is 18.2 Å². The van der Waals surface area contributed by atoms with Crippen LogP contribution in [0.1, 0.15) is 18.0 Å². The van der Waals surface area contributed by atoms with Crippen molar-refractivity contribution in [2.45, 2.75) is 23.5 Å². The summed E-state index contributed by atoms with van der Waals surface area (Å²) in [6, 6.07) is 9.36. The van der Waals surface area contributed by atoms with E-state index in [1.165, 1.54) is 22.6 Å². The van der Waals surface area contributed by atoms with E-state index in [0.717, 1.165) is 19.7 Å². The van der Waals surface area contributed by atoms with Crippen molar-refractivity contribution in [3.8, 4) is 0 Å². The van der Waals surface area contributed by atoms with Gasteiger partial charge in [0.25, 0.3) is 0 Å². The van der Waals surface area contributed by atoms with E-state index in [4.69, 9.17) is 10.5 Å². The number of benzene rings is 1. The minimum atomic E-state index is 0.209. The molecule has 0 radical (unpaired) electrons. The van der Waals surface area contributed by atoms with Crippen molar-refractivity contribution < 1.29 is 4.74 Å². The molecule has 1 aromatic rings. The van der Waals surface area contributed by atoms with Gasteiger partial charge in [0.1, 0.15) is 0 Å². The average Bonchev–Trinajstić information content (AvgIpc) is 2.47. The second-order valence-corrected chi connectivity index (χ2v) is 6.05. The Bertz CT molecular complexity index is 413. The Labute approximate surface area is 113 Å². The molecule has 0 spiro atoms. The van der Waals surface area contributed by atoms with Crippen molar-refractivity contribution in [2.24, 2.45) is 5.73 Å². The molecule has 2 N–H and O–H groups in total. The third-order valence-electron chi connectivity index (χ3n) is 3.80. The van der Waals surface area contributed by atoms with Crippen LogP contribution >= 0.6 is 11.8 Å². The zero-order chi connectivity index (χ0) is 12.4. The lowest BCUT2D eigenvalue weighted by Crippen LogP contribution is -2.47. The molecule has 4 heteroatoms. The SMILES string of the molecule is NCC1CN(C2CCSc3ccccc32)CCO1. The average molecular weight is 264 g/mol. The summed E-state index contributed by atoms with van der Waals surface area (Å²) in [4.78, 5) is 4.00. The largest absolute Gasteiger partial charge is 0.374 e. The molecule has 2 unspecified atom stereocenters. The minimum Gasteiger partial charge on any atom is -0.374 e. The molecule has 1 fully saturated rings. The predicted octanol–water partition coefficient (Wildman–Crippen LogP) is 1.88. The first-order chi connectivity index (χ1) is 8.88. The van der Waals surface area contributed by atoms with Crippen LogP contribution < -0.4 is 5.73 Å². The van der Waals surface area contributed by atoms with E-state index in [9.17, 15) is 0 Å². The van der Waals surface area contributed by atoms with Crippen molar-refractivity contribution in [2.75, 3.05) is 32.0 Å². The highest BCUT2D eigenvalue weighted by atomic mass is 32.2. The molecule has 3 nitrogen and oxygen atoms in total. The number of nitrogens with two attached hydrogens (primary N) is 1. The highest BCUT2D eigenvalue weighted by molar-refractivity contribution is 7.99. The lowest BCUT2D eigenvalue weighted by molar-refractivity contribution is -0.0400. The van der Waals surface area contributed by atoms with E-state index in [-0.39, 0.29) is 6.10 Å². The number of rotatable bonds is 2. The summed E-state index contributed by atoms with van der Waals surface area (Å²) in [7, 11) is 0. The first-order valence-corrected chi connectivity index (χ1v) is 7.64. The van der Waals surface area contributed by atoms with Gasteiger partial charge >= 0.3 is 0 Å². The molecule has 18 heavy (non-hydrogen) atoms. The lowest BCUT2D eigenvalue weighted by Gasteiger charge is -2.40. The van der Waals surface area contributed by atoms with Crippen LogP contribution in [-0.4, -0.2) is 43.0 Å². The molecular formula is C14H20N2OS. The zero-order valence-corrected chi connectivity index (χ0v) is 11.4. The Morgan fingerprint density at radius 3 is 3.17 bits per heavy atom. The fourth-order valence-corrected chi connectivity index (χ4v) is 3.98. The van der Waals surface area contributed by atoms with Gasteiger partial charge in [-0.25, -0.2) is 0 Å². The van der Waals surface area contributed by atoms with Gasteiger partial charge < -0.3 is 10.5 Å². The monoisotopic (exact) mass is 264 g/mol. The van der Waals surface area contributed by atoms with Crippen LogP contribution in [-0.2, 0) is 4.74 Å². The minimum absolute atomic E-state index is 0.209. The summed E-state index contributed by atoms with van der Waals surface area (Å²) in [6.45, 7) is 3.44. The standard InChI is InChI=1S/C14H20N2OS/c15-9-11-10-16(6-7-17-11)13-5-8-18-14-4-2-1-3-12(13)14/h1-4,11,13H,5-10,15H2. The van der Waals surface area contributed by atoms with Crippen LogP contribution in [0, 0.1) is 0 Å². The van der Waals surface area contributed by atoms with Gasteiger partial charge in [0, 0.05) is 30.6 Å². The van der Waals surface area contributed by atoms with Gasteiger partial charge in [0.2, 0.25) is 0 Å². The molecule has 98 valence electrons. The van der Waals surface area contributed by atoms with E-state index in [0.29, 0.717) is 12.6 Å². The van der Waals surface area contributed by atoms with E-state index in [2.05, 4.69) is 29.2 Å². The second kappa shape index (κ2) is 5.61. The van der Waals surface area contributed by atoms with E-state index in [1.807, 2.05) is 11.8 Å². The third-order valence-corrected chi connectivity index (χ3v) is 4.92. The first kappa shape index (κ1) is 12.5. The van der Waals surface area contributed by atoms with Crippen molar-refractivity contribution in [1.29, 1.82) is 0 Å². The first-order valence-electron chi connectivity index (χ1n) is 6.66. The number of thioether (sulfide) groups is 1. The van der Waals surface area contributed by atoms with Gasteiger partial charge in [-0.05, 0) is 23.8 Å². The number of ether oxygens (including phenoxy) is 1. The Hall–Kier alpha value is -0.550. The molecule has 0 bridgehead atoms. The molecule has 1 aromatic carbocycles. The highest BCUT2D eigenvalue weighted by Crippen LogP contribution is 2.39. The van der Waals surface area contributed by atoms with Crippen LogP contribution in [0.2, 0.25) is 0 Å². The quantitative estimate of drug-likeness (QED) is 0.885. The van der Waals surface area contributed by atoms with Crippen LogP contribution in [0.15, 0.2) is 29.2 Å². The maximum atomic E-state index is 5.73. The molecule has 2 aliphatic heterocycles. The van der Waals surface area contributed by atoms with Crippen molar-refractivity contribution >= 4 is 11.8 Å². The number of fused-ring (bicyclic) bond motifs is 1. The van der Waals surface area contributed by atoms with Gasteiger partial charge in [-0.3, -0.25) is 4.90 Å². The van der Waals surface area contributed by atoms with Gasteiger partial charge in [-0.15, -0.1) is 11.8 Å². The Morgan fingerprint density at radius 2 is 2.28 bits per heavy atom. The number of morpholine rings is 1. The highest BCUT2D eigenvalue weighted by Gasteiger charge is 2.29. The summed E-state index contributed by atoms with van der Waals surface area (Å²) in [6.07, 6.45) is 1.44. The van der Waals surface area contributed by atoms with E-state index in [1.54, 1.807) is 0 Å².